The van der Waals surface area contributed by atoms with Gasteiger partial charge in [-0.15, -0.1) is 0 Å². The SMILES string of the molecule is COc1ccc(C(C)(C)C)cc1/C(O)=C1\C(=O)C(=O)N(c2ccc(C)cc2)C1c1cc(OC)c(OC)c(OC)c1. The fraction of sp³-hybridized carbons (Fsp3) is 0.312. The Hall–Kier alpha value is -4.46. The summed E-state index contributed by atoms with van der Waals surface area (Å²) in [5.74, 6) is -0.502. The van der Waals surface area contributed by atoms with Gasteiger partial charge in [-0.1, -0.05) is 44.5 Å². The predicted molar refractivity (Wildman–Crippen MR) is 154 cm³/mol. The molecule has 210 valence electrons. The van der Waals surface area contributed by atoms with Gasteiger partial charge in [-0.2, -0.15) is 0 Å². The van der Waals surface area contributed by atoms with Crippen molar-refractivity contribution in [3.05, 3.63) is 82.4 Å². The molecule has 8 nitrogen and oxygen atoms in total. The van der Waals surface area contributed by atoms with Crippen LogP contribution in [0.25, 0.3) is 5.76 Å². The van der Waals surface area contributed by atoms with Crippen LogP contribution in [0.1, 0.15) is 49.1 Å². The summed E-state index contributed by atoms with van der Waals surface area (Å²) in [6.45, 7) is 8.07. The zero-order valence-electron chi connectivity index (χ0n) is 24.1. The Kier molecular flexibility index (Phi) is 7.82. The van der Waals surface area contributed by atoms with Gasteiger partial charge < -0.3 is 24.1 Å². The van der Waals surface area contributed by atoms with Crippen molar-refractivity contribution >= 4 is 23.1 Å². The Morgan fingerprint density at radius 2 is 1.38 bits per heavy atom. The molecule has 0 aliphatic carbocycles. The fourth-order valence-electron chi connectivity index (χ4n) is 4.88. The number of methoxy groups -OCH3 is 4. The molecule has 1 aliphatic rings. The molecule has 1 fully saturated rings. The van der Waals surface area contributed by atoms with Crippen LogP contribution in [-0.2, 0) is 15.0 Å². The molecule has 8 heteroatoms. The zero-order chi connectivity index (χ0) is 29.4. The third kappa shape index (κ3) is 4.97. The van der Waals surface area contributed by atoms with Gasteiger partial charge in [0.25, 0.3) is 11.7 Å². The van der Waals surface area contributed by atoms with Crippen molar-refractivity contribution in [2.75, 3.05) is 33.3 Å². The average molecular weight is 546 g/mol. The highest BCUT2D eigenvalue weighted by Crippen LogP contribution is 2.48. The van der Waals surface area contributed by atoms with Crippen LogP contribution in [0.4, 0.5) is 5.69 Å². The minimum absolute atomic E-state index is 0.0794. The summed E-state index contributed by atoms with van der Waals surface area (Å²) in [6, 6.07) is 15.1. The highest BCUT2D eigenvalue weighted by molar-refractivity contribution is 6.51. The molecule has 1 amide bonds. The van der Waals surface area contributed by atoms with E-state index in [-0.39, 0.29) is 16.7 Å². The van der Waals surface area contributed by atoms with Gasteiger partial charge in [0.1, 0.15) is 11.5 Å². The average Bonchev–Trinajstić information content (AvgIpc) is 3.21. The van der Waals surface area contributed by atoms with E-state index in [0.717, 1.165) is 11.1 Å². The number of rotatable bonds is 7. The first-order valence-electron chi connectivity index (χ1n) is 12.8. The standard InChI is InChI=1S/C32H35NO7/c1-18-9-12-21(13-10-18)33-27(19-15-24(38-6)30(40-8)25(16-19)39-7)26(29(35)31(33)36)28(34)22-17-20(32(2,3)4)11-14-23(22)37-5/h9-17,27,34H,1-8H3/b28-26+. The second-order valence-electron chi connectivity index (χ2n) is 10.6. The topological polar surface area (TPSA) is 94.5 Å². The Bertz CT molecular complexity index is 1460. The second-order valence-corrected chi connectivity index (χ2v) is 10.6. The summed E-state index contributed by atoms with van der Waals surface area (Å²) in [5.41, 5.74) is 2.90. The van der Waals surface area contributed by atoms with E-state index < -0.39 is 17.7 Å². The summed E-state index contributed by atoms with van der Waals surface area (Å²) < 4.78 is 22.2. The van der Waals surface area contributed by atoms with Gasteiger partial charge in [-0.05, 0) is 59.9 Å². The monoisotopic (exact) mass is 545 g/mol. The maximum Gasteiger partial charge on any atom is 0.300 e. The molecule has 1 unspecified atom stereocenters. The lowest BCUT2D eigenvalue weighted by atomic mass is 9.85. The molecule has 1 saturated heterocycles. The Labute approximate surface area is 234 Å². The number of carbonyl (C=O) groups excluding carboxylic acids is 2. The van der Waals surface area contributed by atoms with Crippen LogP contribution in [0.15, 0.2) is 60.2 Å². The van der Waals surface area contributed by atoms with Gasteiger partial charge in [0.2, 0.25) is 5.75 Å². The lowest BCUT2D eigenvalue weighted by Crippen LogP contribution is -2.29. The molecular weight excluding hydrogens is 510 g/mol. The Morgan fingerprint density at radius 1 is 0.800 bits per heavy atom. The van der Waals surface area contributed by atoms with E-state index in [1.807, 2.05) is 45.9 Å². The van der Waals surface area contributed by atoms with Gasteiger partial charge >= 0.3 is 0 Å². The van der Waals surface area contributed by atoms with Crippen molar-refractivity contribution in [1.29, 1.82) is 0 Å². The number of ether oxygens (including phenoxy) is 4. The smallest absolute Gasteiger partial charge is 0.300 e. The minimum atomic E-state index is -1.00. The molecule has 3 aromatic carbocycles. The normalized spacial score (nSPS) is 16.7. The lowest BCUT2D eigenvalue weighted by Gasteiger charge is -2.27. The Balaban J connectivity index is 2.06. The molecule has 0 radical (unpaired) electrons. The van der Waals surface area contributed by atoms with Crippen LogP contribution in [0, 0.1) is 6.92 Å². The third-order valence-electron chi connectivity index (χ3n) is 7.08. The highest BCUT2D eigenvalue weighted by Gasteiger charge is 2.47. The van der Waals surface area contributed by atoms with E-state index in [1.54, 1.807) is 36.4 Å². The van der Waals surface area contributed by atoms with Gasteiger partial charge in [-0.25, -0.2) is 0 Å². The quantitative estimate of drug-likeness (QED) is 0.223. The van der Waals surface area contributed by atoms with Crippen molar-refractivity contribution in [2.24, 2.45) is 0 Å². The van der Waals surface area contributed by atoms with Crippen molar-refractivity contribution in [1.82, 2.24) is 0 Å². The Morgan fingerprint density at radius 3 is 1.88 bits per heavy atom. The number of ketones is 1. The second kappa shape index (κ2) is 11.0. The molecule has 1 N–H and O–H groups in total. The number of aliphatic hydroxyl groups excluding tert-OH is 1. The number of hydrogen-bond acceptors (Lipinski definition) is 7. The van der Waals surface area contributed by atoms with Crippen LogP contribution < -0.4 is 23.8 Å². The van der Waals surface area contributed by atoms with Crippen LogP contribution in [0.3, 0.4) is 0 Å². The highest BCUT2D eigenvalue weighted by atomic mass is 16.5. The number of carbonyl (C=O) groups is 2. The predicted octanol–water partition coefficient (Wildman–Crippen LogP) is 5.95. The van der Waals surface area contributed by atoms with E-state index in [2.05, 4.69) is 0 Å². The number of nitrogens with zero attached hydrogens (tertiary/aromatic N) is 1. The lowest BCUT2D eigenvalue weighted by molar-refractivity contribution is -0.132. The van der Waals surface area contributed by atoms with Crippen LogP contribution in [-0.4, -0.2) is 45.2 Å². The molecule has 40 heavy (non-hydrogen) atoms. The number of Topliss-reactive ketones (excluding diaryl/α,β-unsaturated/α-hetero) is 1. The summed E-state index contributed by atoms with van der Waals surface area (Å²) in [5, 5.41) is 11.8. The van der Waals surface area contributed by atoms with Crippen LogP contribution in [0.5, 0.6) is 23.0 Å². The van der Waals surface area contributed by atoms with Gasteiger partial charge in [-0.3, -0.25) is 14.5 Å². The van der Waals surface area contributed by atoms with E-state index in [1.165, 1.54) is 33.3 Å². The van der Waals surface area contributed by atoms with Gasteiger partial charge in [0.15, 0.2) is 11.5 Å². The number of benzene rings is 3. The molecule has 0 spiro atoms. The van der Waals surface area contributed by atoms with E-state index in [0.29, 0.717) is 39.8 Å². The molecule has 0 aromatic heterocycles. The first-order valence-corrected chi connectivity index (χ1v) is 12.8. The molecule has 1 atom stereocenters. The summed E-state index contributed by atoms with van der Waals surface area (Å²) in [6.07, 6.45) is 0. The maximum atomic E-state index is 13.7. The van der Waals surface area contributed by atoms with Gasteiger partial charge in [0.05, 0.1) is 45.6 Å². The van der Waals surface area contributed by atoms with Crippen LogP contribution >= 0.6 is 0 Å². The first-order chi connectivity index (χ1) is 19.0. The molecular formula is C32H35NO7. The fourth-order valence-corrected chi connectivity index (χ4v) is 4.88. The van der Waals surface area contributed by atoms with Gasteiger partial charge in [0, 0.05) is 5.69 Å². The molecule has 0 bridgehead atoms. The van der Waals surface area contributed by atoms with Crippen molar-refractivity contribution in [2.45, 2.75) is 39.2 Å². The summed E-state index contributed by atoms with van der Waals surface area (Å²) in [7, 11) is 5.96. The summed E-state index contributed by atoms with van der Waals surface area (Å²) >= 11 is 0. The van der Waals surface area contributed by atoms with Crippen molar-refractivity contribution in [3.8, 4) is 23.0 Å². The molecule has 0 saturated carbocycles. The zero-order valence-corrected chi connectivity index (χ0v) is 24.1. The maximum absolute atomic E-state index is 13.7. The number of amides is 1. The van der Waals surface area contributed by atoms with E-state index >= 15 is 0 Å². The number of hydrogen-bond donors (Lipinski definition) is 1. The van der Waals surface area contributed by atoms with Crippen LogP contribution in [0.2, 0.25) is 0 Å². The van der Waals surface area contributed by atoms with Crippen molar-refractivity contribution < 1.29 is 33.6 Å². The molecule has 1 aliphatic heterocycles. The third-order valence-corrected chi connectivity index (χ3v) is 7.08. The number of aryl methyl sites for hydroxylation is 1. The van der Waals surface area contributed by atoms with Crippen molar-refractivity contribution in [3.63, 3.8) is 0 Å². The molecule has 3 aromatic rings. The minimum Gasteiger partial charge on any atom is -0.507 e. The van der Waals surface area contributed by atoms with E-state index in [9.17, 15) is 14.7 Å². The molecule has 1 heterocycles. The molecule has 4 rings (SSSR count). The number of aliphatic hydroxyl groups is 1. The first kappa shape index (κ1) is 28.5. The summed E-state index contributed by atoms with van der Waals surface area (Å²) in [4.78, 5) is 28.8. The number of anilines is 1. The largest absolute Gasteiger partial charge is 0.507 e. The van der Waals surface area contributed by atoms with E-state index in [4.69, 9.17) is 18.9 Å².